The van der Waals surface area contributed by atoms with Crippen LogP contribution < -0.4 is 0 Å². The second-order valence-corrected chi connectivity index (χ2v) is 5.47. The van der Waals surface area contributed by atoms with Crippen LogP contribution in [0.25, 0.3) is 0 Å². The highest BCUT2D eigenvalue weighted by Gasteiger charge is 2.20. The maximum Gasteiger partial charge on any atom is 0.0960 e. The Hall–Kier alpha value is -0.450. The number of rotatable bonds is 4. The number of thiazole rings is 1. The van der Waals surface area contributed by atoms with Gasteiger partial charge in [0.05, 0.1) is 10.7 Å². The van der Waals surface area contributed by atoms with Gasteiger partial charge in [-0.25, -0.2) is 4.98 Å². The van der Waals surface area contributed by atoms with Gasteiger partial charge in [0.25, 0.3) is 0 Å². The molecule has 0 aromatic carbocycles. The molecule has 0 saturated carbocycles. The van der Waals surface area contributed by atoms with Gasteiger partial charge in [0, 0.05) is 17.9 Å². The smallest absolute Gasteiger partial charge is 0.0960 e. The molecule has 1 saturated heterocycles. The molecule has 16 heavy (non-hydrogen) atoms. The molecular weight excluding hydrogens is 220 g/mol. The zero-order valence-corrected chi connectivity index (χ0v) is 10.7. The maximum atomic E-state index is 8.78. The number of aliphatic hydroxyl groups is 1. The summed E-state index contributed by atoms with van der Waals surface area (Å²) in [6, 6.07) is 0. The second-order valence-electron chi connectivity index (χ2n) is 4.58. The van der Waals surface area contributed by atoms with Crippen molar-refractivity contribution in [3.05, 3.63) is 16.1 Å². The van der Waals surface area contributed by atoms with Gasteiger partial charge in [0.2, 0.25) is 0 Å². The Morgan fingerprint density at radius 2 is 2.25 bits per heavy atom. The van der Waals surface area contributed by atoms with Crippen molar-refractivity contribution in [2.45, 2.75) is 31.6 Å². The number of aryl methyl sites for hydroxylation is 1. The molecule has 2 heterocycles. The molecule has 3 nitrogen and oxygen atoms in total. The number of nitrogens with zero attached hydrogens (tertiary/aromatic N) is 2. The lowest BCUT2D eigenvalue weighted by Crippen LogP contribution is -2.29. The summed E-state index contributed by atoms with van der Waals surface area (Å²) in [7, 11) is 2.19. The van der Waals surface area contributed by atoms with Gasteiger partial charge in [-0.1, -0.05) is 0 Å². The van der Waals surface area contributed by atoms with Crippen LogP contribution in [0.3, 0.4) is 0 Å². The van der Waals surface area contributed by atoms with Crippen LogP contribution in [-0.4, -0.2) is 41.7 Å². The second kappa shape index (κ2) is 5.75. The summed E-state index contributed by atoms with van der Waals surface area (Å²) in [6.45, 7) is 2.65. The predicted molar refractivity (Wildman–Crippen MR) is 67.0 cm³/mol. The Bertz CT molecular complexity index is 319. The van der Waals surface area contributed by atoms with Crippen molar-refractivity contribution in [1.29, 1.82) is 0 Å². The number of hydrogen-bond donors (Lipinski definition) is 1. The third-order valence-electron chi connectivity index (χ3n) is 3.23. The largest absolute Gasteiger partial charge is 0.396 e. The lowest BCUT2D eigenvalue weighted by Gasteiger charge is -2.27. The van der Waals surface area contributed by atoms with E-state index in [1.54, 1.807) is 11.3 Å². The molecule has 90 valence electrons. The topological polar surface area (TPSA) is 36.4 Å². The lowest BCUT2D eigenvalue weighted by atomic mass is 9.98. The minimum atomic E-state index is 0.265. The van der Waals surface area contributed by atoms with Crippen molar-refractivity contribution < 1.29 is 5.11 Å². The van der Waals surface area contributed by atoms with Crippen LogP contribution in [0.15, 0.2) is 5.38 Å². The van der Waals surface area contributed by atoms with Crippen molar-refractivity contribution in [3.8, 4) is 0 Å². The Balaban J connectivity index is 1.91. The minimum absolute atomic E-state index is 0.265. The average molecular weight is 240 g/mol. The van der Waals surface area contributed by atoms with Gasteiger partial charge in [0.1, 0.15) is 0 Å². The number of likely N-dealkylation sites (tertiary alicyclic amines) is 1. The summed E-state index contributed by atoms with van der Waals surface area (Å²) in [4.78, 5) is 7.07. The van der Waals surface area contributed by atoms with E-state index in [0.717, 1.165) is 18.5 Å². The fraction of sp³-hybridized carbons (Fsp3) is 0.750. The van der Waals surface area contributed by atoms with E-state index in [2.05, 4.69) is 22.3 Å². The fourth-order valence-corrected chi connectivity index (χ4v) is 3.17. The van der Waals surface area contributed by atoms with E-state index in [4.69, 9.17) is 5.11 Å². The monoisotopic (exact) mass is 240 g/mol. The molecule has 0 atom stereocenters. The van der Waals surface area contributed by atoms with Gasteiger partial charge >= 0.3 is 0 Å². The van der Waals surface area contributed by atoms with Crippen molar-refractivity contribution in [2.24, 2.45) is 0 Å². The Morgan fingerprint density at radius 1 is 1.50 bits per heavy atom. The molecule has 0 amide bonds. The molecular formula is C12H20N2OS. The lowest BCUT2D eigenvalue weighted by molar-refractivity contribution is 0.255. The van der Waals surface area contributed by atoms with Crippen LogP contribution in [0.1, 0.15) is 35.9 Å². The number of piperidine rings is 1. The van der Waals surface area contributed by atoms with E-state index in [-0.39, 0.29) is 6.61 Å². The van der Waals surface area contributed by atoms with Crippen LogP contribution >= 0.6 is 11.3 Å². The van der Waals surface area contributed by atoms with E-state index in [1.807, 2.05) is 0 Å². The number of hydrogen-bond acceptors (Lipinski definition) is 4. The zero-order chi connectivity index (χ0) is 11.4. The molecule has 1 aliphatic rings. The number of aliphatic hydroxyl groups excluding tert-OH is 1. The van der Waals surface area contributed by atoms with Gasteiger partial charge in [-0.3, -0.25) is 0 Å². The first kappa shape index (κ1) is 12.0. The molecule has 0 spiro atoms. The molecule has 0 bridgehead atoms. The normalized spacial score (nSPS) is 19.1. The standard InChI is InChI=1S/C12H20N2OS/c1-14-6-4-10(5-7-14)12-13-11(9-16-12)3-2-8-15/h9-10,15H,2-8H2,1H3. The van der Waals surface area contributed by atoms with Crippen LogP contribution in [-0.2, 0) is 6.42 Å². The summed E-state index contributed by atoms with van der Waals surface area (Å²) >= 11 is 1.80. The SMILES string of the molecule is CN1CCC(c2nc(CCCO)cs2)CC1. The quantitative estimate of drug-likeness (QED) is 0.873. The van der Waals surface area contributed by atoms with Crippen molar-refractivity contribution >= 4 is 11.3 Å². The molecule has 0 aliphatic carbocycles. The number of aromatic nitrogens is 1. The highest BCUT2D eigenvalue weighted by molar-refractivity contribution is 7.09. The first-order valence-corrected chi connectivity index (χ1v) is 6.91. The molecule has 4 heteroatoms. The first-order valence-electron chi connectivity index (χ1n) is 6.03. The molecule has 1 N–H and O–H groups in total. The zero-order valence-electron chi connectivity index (χ0n) is 9.85. The molecule has 2 rings (SSSR count). The van der Waals surface area contributed by atoms with Crippen LogP contribution in [0.2, 0.25) is 0 Å². The van der Waals surface area contributed by atoms with Crippen LogP contribution in [0.5, 0.6) is 0 Å². The summed E-state index contributed by atoms with van der Waals surface area (Å²) in [6.07, 6.45) is 4.23. The highest BCUT2D eigenvalue weighted by atomic mass is 32.1. The Morgan fingerprint density at radius 3 is 2.94 bits per heavy atom. The van der Waals surface area contributed by atoms with Crippen LogP contribution in [0.4, 0.5) is 0 Å². The van der Waals surface area contributed by atoms with Gasteiger partial charge in [-0.05, 0) is 45.8 Å². The molecule has 0 unspecified atom stereocenters. The Labute approximate surface area is 101 Å². The fourth-order valence-electron chi connectivity index (χ4n) is 2.14. The van der Waals surface area contributed by atoms with E-state index in [0.29, 0.717) is 5.92 Å². The van der Waals surface area contributed by atoms with E-state index in [1.165, 1.54) is 30.9 Å². The highest BCUT2D eigenvalue weighted by Crippen LogP contribution is 2.29. The summed E-state index contributed by atoms with van der Waals surface area (Å²) < 4.78 is 0. The summed E-state index contributed by atoms with van der Waals surface area (Å²) in [5.41, 5.74) is 1.16. The molecule has 1 aliphatic heterocycles. The third kappa shape index (κ3) is 3.03. The van der Waals surface area contributed by atoms with Crippen molar-refractivity contribution in [1.82, 2.24) is 9.88 Å². The summed E-state index contributed by atoms with van der Waals surface area (Å²) in [5, 5.41) is 12.2. The average Bonchev–Trinajstić information content (AvgIpc) is 2.76. The third-order valence-corrected chi connectivity index (χ3v) is 4.28. The van der Waals surface area contributed by atoms with E-state index < -0.39 is 0 Å². The minimum Gasteiger partial charge on any atom is -0.396 e. The molecule has 1 aromatic heterocycles. The van der Waals surface area contributed by atoms with Gasteiger partial charge in [-0.2, -0.15) is 0 Å². The first-order chi connectivity index (χ1) is 7.79. The van der Waals surface area contributed by atoms with Gasteiger partial charge in [0.15, 0.2) is 0 Å². The maximum absolute atomic E-state index is 8.78. The van der Waals surface area contributed by atoms with E-state index in [9.17, 15) is 0 Å². The predicted octanol–water partition coefficient (Wildman–Crippen LogP) is 1.88. The molecule has 1 aromatic rings. The Kier molecular flexibility index (Phi) is 4.32. The van der Waals surface area contributed by atoms with Gasteiger partial charge in [-0.15, -0.1) is 11.3 Å². The van der Waals surface area contributed by atoms with E-state index >= 15 is 0 Å². The van der Waals surface area contributed by atoms with Crippen molar-refractivity contribution in [3.63, 3.8) is 0 Å². The summed E-state index contributed by atoms with van der Waals surface area (Å²) in [5.74, 6) is 0.670. The van der Waals surface area contributed by atoms with Crippen molar-refractivity contribution in [2.75, 3.05) is 26.7 Å². The molecule has 1 fully saturated rings. The van der Waals surface area contributed by atoms with Gasteiger partial charge < -0.3 is 10.0 Å². The van der Waals surface area contributed by atoms with Crippen LogP contribution in [0, 0.1) is 0 Å². The molecule has 0 radical (unpaired) electrons.